The first-order valence-corrected chi connectivity index (χ1v) is 7.99. The number of halogens is 1. The fraction of sp³-hybridized carbons (Fsp3) is 0.647. The summed E-state index contributed by atoms with van der Waals surface area (Å²) in [4.78, 5) is 0. The van der Waals surface area contributed by atoms with Crippen LogP contribution in [-0.2, 0) is 6.54 Å². The molecule has 0 aliphatic carbocycles. The predicted molar refractivity (Wildman–Crippen MR) is 89.8 cm³/mol. The quantitative estimate of drug-likeness (QED) is 0.688. The van der Waals surface area contributed by atoms with Crippen LogP contribution in [0.2, 0.25) is 0 Å². The van der Waals surface area contributed by atoms with Crippen molar-refractivity contribution in [3.05, 3.63) is 23.8 Å². The second-order valence-electron chi connectivity index (χ2n) is 5.42. The van der Waals surface area contributed by atoms with E-state index in [-0.39, 0.29) is 12.4 Å². The Morgan fingerprint density at radius 3 is 2.48 bits per heavy atom. The van der Waals surface area contributed by atoms with Gasteiger partial charge in [-0.1, -0.05) is 45.1 Å². The first-order chi connectivity index (χ1) is 9.90. The molecule has 3 nitrogen and oxygen atoms in total. The van der Waals surface area contributed by atoms with Crippen molar-refractivity contribution in [1.82, 2.24) is 5.32 Å². The summed E-state index contributed by atoms with van der Waals surface area (Å²) >= 11 is 0. The number of rotatable bonds is 9. The molecule has 21 heavy (non-hydrogen) atoms. The summed E-state index contributed by atoms with van der Waals surface area (Å²) in [5.74, 6) is 1.76. The average Bonchev–Trinajstić information content (AvgIpc) is 2.50. The van der Waals surface area contributed by atoms with Crippen molar-refractivity contribution in [2.45, 2.75) is 52.0 Å². The highest BCUT2D eigenvalue weighted by Gasteiger charge is 2.11. The standard InChI is InChI=1S/C17H27NO2.ClH/c1-2-3-4-5-6-7-10-18-14-15-8-9-16-17(13-15)20-12-11-19-16;/h8-9,13,18H,2-7,10-12,14H2,1H3;1H. The Hall–Kier alpha value is -0.930. The van der Waals surface area contributed by atoms with Gasteiger partial charge in [-0.25, -0.2) is 0 Å². The summed E-state index contributed by atoms with van der Waals surface area (Å²) in [5, 5.41) is 3.50. The molecule has 0 bridgehead atoms. The molecule has 0 atom stereocenters. The maximum absolute atomic E-state index is 5.59. The van der Waals surface area contributed by atoms with E-state index in [0.29, 0.717) is 13.2 Å². The van der Waals surface area contributed by atoms with Crippen molar-refractivity contribution in [1.29, 1.82) is 0 Å². The Labute approximate surface area is 134 Å². The van der Waals surface area contributed by atoms with Crippen LogP contribution in [0, 0.1) is 0 Å². The van der Waals surface area contributed by atoms with Crippen LogP contribution in [0.15, 0.2) is 18.2 Å². The number of hydrogen-bond acceptors (Lipinski definition) is 3. The van der Waals surface area contributed by atoms with Gasteiger partial charge in [0.1, 0.15) is 13.2 Å². The van der Waals surface area contributed by atoms with E-state index in [2.05, 4.69) is 24.4 Å². The molecule has 1 aliphatic heterocycles. The molecule has 120 valence electrons. The molecule has 1 heterocycles. The Bertz CT molecular complexity index is 398. The Morgan fingerprint density at radius 1 is 0.952 bits per heavy atom. The molecule has 0 unspecified atom stereocenters. The van der Waals surface area contributed by atoms with Gasteiger partial charge in [-0.3, -0.25) is 0 Å². The Balaban J connectivity index is 0.00000220. The van der Waals surface area contributed by atoms with Crippen LogP contribution >= 0.6 is 12.4 Å². The van der Waals surface area contributed by atoms with Gasteiger partial charge in [0.25, 0.3) is 0 Å². The fourth-order valence-corrected chi connectivity index (χ4v) is 2.46. The molecule has 1 N–H and O–H groups in total. The van der Waals surface area contributed by atoms with E-state index in [0.717, 1.165) is 24.6 Å². The smallest absolute Gasteiger partial charge is 0.161 e. The highest BCUT2D eigenvalue weighted by molar-refractivity contribution is 5.85. The van der Waals surface area contributed by atoms with Gasteiger partial charge in [0, 0.05) is 6.54 Å². The number of hydrogen-bond donors (Lipinski definition) is 1. The van der Waals surface area contributed by atoms with Crippen LogP contribution in [-0.4, -0.2) is 19.8 Å². The maximum atomic E-state index is 5.59. The molecule has 0 saturated carbocycles. The van der Waals surface area contributed by atoms with Crippen molar-refractivity contribution < 1.29 is 9.47 Å². The number of ether oxygens (including phenoxy) is 2. The summed E-state index contributed by atoms with van der Waals surface area (Å²) in [6.07, 6.45) is 8.08. The predicted octanol–water partition coefficient (Wildman–Crippen LogP) is 4.33. The number of nitrogens with one attached hydrogen (secondary N) is 1. The lowest BCUT2D eigenvalue weighted by molar-refractivity contribution is 0.171. The van der Waals surface area contributed by atoms with E-state index in [1.165, 1.54) is 44.1 Å². The van der Waals surface area contributed by atoms with E-state index < -0.39 is 0 Å². The average molecular weight is 314 g/mol. The Morgan fingerprint density at radius 2 is 1.67 bits per heavy atom. The molecular formula is C17H28ClNO2. The fourth-order valence-electron chi connectivity index (χ4n) is 2.46. The molecule has 1 aromatic rings. The second-order valence-corrected chi connectivity index (χ2v) is 5.42. The minimum atomic E-state index is 0. The minimum Gasteiger partial charge on any atom is -0.486 e. The van der Waals surface area contributed by atoms with Gasteiger partial charge in [-0.05, 0) is 30.7 Å². The van der Waals surface area contributed by atoms with Gasteiger partial charge < -0.3 is 14.8 Å². The summed E-state index contributed by atoms with van der Waals surface area (Å²) in [6.45, 7) is 5.57. The monoisotopic (exact) mass is 313 g/mol. The van der Waals surface area contributed by atoms with Crippen molar-refractivity contribution >= 4 is 12.4 Å². The molecule has 1 aromatic carbocycles. The molecule has 2 rings (SSSR count). The molecule has 1 aliphatic rings. The normalized spacial score (nSPS) is 12.8. The Kier molecular flexibility index (Phi) is 9.27. The van der Waals surface area contributed by atoms with E-state index in [1.807, 2.05) is 6.07 Å². The molecule has 0 spiro atoms. The molecule has 0 fully saturated rings. The van der Waals surface area contributed by atoms with Crippen LogP contribution < -0.4 is 14.8 Å². The summed E-state index contributed by atoms with van der Waals surface area (Å²) in [5.41, 5.74) is 1.26. The molecule has 0 radical (unpaired) electrons. The highest BCUT2D eigenvalue weighted by atomic mass is 35.5. The van der Waals surface area contributed by atoms with Crippen molar-refractivity contribution in [3.8, 4) is 11.5 Å². The largest absolute Gasteiger partial charge is 0.486 e. The van der Waals surface area contributed by atoms with Crippen LogP contribution in [0.4, 0.5) is 0 Å². The van der Waals surface area contributed by atoms with Crippen molar-refractivity contribution in [2.24, 2.45) is 0 Å². The van der Waals surface area contributed by atoms with Gasteiger partial charge in [0.05, 0.1) is 0 Å². The number of fused-ring (bicyclic) bond motifs is 1. The van der Waals surface area contributed by atoms with Gasteiger partial charge in [0.15, 0.2) is 11.5 Å². The van der Waals surface area contributed by atoms with Gasteiger partial charge in [-0.2, -0.15) is 0 Å². The number of benzene rings is 1. The lowest BCUT2D eigenvalue weighted by Crippen LogP contribution is -2.17. The lowest BCUT2D eigenvalue weighted by Gasteiger charge is -2.19. The van der Waals surface area contributed by atoms with Gasteiger partial charge in [0.2, 0.25) is 0 Å². The van der Waals surface area contributed by atoms with Gasteiger partial charge in [-0.15, -0.1) is 12.4 Å². The highest BCUT2D eigenvalue weighted by Crippen LogP contribution is 2.30. The van der Waals surface area contributed by atoms with Crippen LogP contribution in [0.1, 0.15) is 51.0 Å². The van der Waals surface area contributed by atoms with E-state index >= 15 is 0 Å². The summed E-state index contributed by atoms with van der Waals surface area (Å²) < 4.78 is 11.1. The van der Waals surface area contributed by atoms with Crippen LogP contribution in [0.5, 0.6) is 11.5 Å². The van der Waals surface area contributed by atoms with Crippen molar-refractivity contribution in [2.75, 3.05) is 19.8 Å². The summed E-state index contributed by atoms with van der Waals surface area (Å²) in [6, 6.07) is 6.21. The van der Waals surface area contributed by atoms with E-state index in [1.54, 1.807) is 0 Å². The minimum absolute atomic E-state index is 0. The second kappa shape index (κ2) is 10.7. The molecule has 0 amide bonds. The van der Waals surface area contributed by atoms with Crippen LogP contribution in [0.3, 0.4) is 0 Å². The van der Waals surface area contributed by atoms with E-state index in [9.17, 15) is 0 Å². The SMILES string of the molecule is CCCCCCCCNCc1ccc2c(c1)OCCO2.Cl. The zero-order valence-corrected chi connectivity index (χ0v) is 13.8. The first-order valence-electron chi connectivity index (χ1n) is 7.99. The first kappa shape index (κ1) is 18.1. The summed E-state index contributed by atoms with van der Waals surface area (Å²) in [7, 11) is 0. The zero-order valence-electron chi connectivity index (χ0n) is 13.0. The molecule has 0 aromatic heterocycles. The zero-order chi connectivity index (χ0) is 14.0. The number of unbranched alkanes of at least 4 members (excludes halogenated alkanes) is 5. The topological polar surface area (TPSA) is 30.5 Å². The third-order valence-corrected chi connectivity index (χ3v) is 3.64. The lowest BCUT2D eigenvalue weighted by atomic mass is 10.1. The maximum Gasteiger partial charge on any atom is 0.161 e. The van der Waals surface area contributed by atoms with Crippen molar-refractivity contribution in [3.63, 3.8) is 0 Å². The molecule has 4 heteroatoms. The molecule has 0 saturated heterocycles. The van der Waals surface area contributed by atoms with E-state index in [4.69, 9.17) is 9.47 Å². The third-order valence-electron chi connectivity index (χ3n) is 3.64. The van der Waals surface area contributed by atoms with Gasteiger partial charge >= 0.3 is 0 Å². The van der Waals surface area contributed by atoms with Crippen LogP contribution in [0.25, 0.3) is 0 Å². The molecular weight excluding hydrogens is 286 g/mol. The third kappa shape index (κ3) is 6.58.